The predicted molar refractivity (Wildman–Crippen MR) is 66.7 cm³/mol. The molecule has 0 aliphatic carbocycles. The number of hydrogen-bond acceptors (Lipinski definition) is 6. The number of fused-ring (bicyclic) bond motifs is 1. The third-order valence-corrected chi connectivity index (χ3v) is 2.54. The van der Waals surface area contributed by atoms with Crippen molar-refractivity contribution in [2.45, 2.75) is 6.92 Å². The van der Waals surface area contributed by atoms with E-state index >= 15 is 0 Å². The van der Waals surface area contributed by atoms with Gasteiger partial charge in [-0.2, -0.15) is 5.10 Å². The van der Waals surface area contributed by atoms with Crippen LogP contribution in [0.3, 0.4) is 0 Å². The Morgan fingerprint density at radius 3 is 2.79 bits per heavy atom. The van der Waals surface area contributed by atoms with Gasteiger partial charge in [0.1, 0.15) is 18.4 Å². The van der Waals surface area contributed by atoms with Gasteiger partial charge in [-0.3, -0.25) is 0 Å². The number of nitrogens with zero attached hydrogens (tertiary/aromatic N) is 4. The molecule has 0 saturated carbocycles. The Balaban J connectivity index is 1.94. The van der Waals surface area contributed by atoms with E-state index in [0.29, 0.717) is 23.9 Å². The van der Waals surface area contributed by atoms with Crippen molar-refractivity contribution in [3.8, 4) is 17.2 Å². The molecule has 0 bridgehead atoms. The van der Waals surface area contributed by atoms with Gasteiger partial charge in [-0.1, -0.05) is 0 Å². The topological polar surface area (TPSA) is 70.8 Å². The molecule has 0 fully saturated rings. The summed E-state index contributed by atoms with van der Waals surface area (Å²) < 4.78 is 17.7. The first kappa shape index (κ1) is 11.5. The maximum absolute atomic E-state index is 5.56. The summed E-state index contributed by atoms with van der Waals surface area (Å²) in [7, 11) is 0. The third-order valence-electron chi connectivity index (χ3n) is 2.54. The van der Waals surface area contributed by atoms with E-state index in [2.05, 4.69) is 15.3 Å². The van der Waals surface area contributed by atoms with Crippen molar-refractivity contribution in [3.63, 3.8) is 0 Å². The van der Waals surface area contributed by atoms with Crippen molar-refractivity contribution in [3.05, 3.63) is 30.4 Å². The number of hydrogen-bond donors (Lipinski definition) is 0. The number of aromatic nitrogens is 3. The van der Waals surface area contributed by atoms with E-state index in [1.807, 2.05) is 13.0 Å². The van der Waals surface area contributed by atoms with Crippen LogP contribution in [0.25, 0.3) is 0 Å². The first-order valence-electron chi connectivity index (χ1n) is 5.82. The molecule has 2 heterocycles. The van der Waals surface area contributed by atoms with E-state index in [1.165, 1.54) is 17.3 Å². The summed E-state index contributed by atoms with van der Waals surface area (Å²) in [6.45, 7) is 2.71. The molecule has 0 saturated heterocycles. The molecule has 7 nitrogen and oxygen atoms in total. The van der Waals surface area contributed by atoms with Gasteiger partial charge in [0.05, 0.1) is 12.8 Å². The Hall–Kier alpha value is -2.57. The molecule has 0 N–H and O–H groups in total. The first-order valence-corrected chi connectivity index (χ1v) is 5.82. The molecule has 98 valence electrons. The third kappa shape index (κ3) is 2.35. The van der Waals surface area contributed by atoms with Gasteiger partial charge in [0.25, 0.3) is 0 Å². The van der Waals surface area contributed by atoms with Crippen LogP contribution in [0, 0.1) is 0 Å². The van der Waals surface area contributed by atoms with Gasteiger partial charge in [0, 0.05) is 11.6 Å². The van der Waals surface area contributed by atoms with Crippen LogP contribution in [-0.2, 0) is 0 Å². The summed E-state index contributed by atoms with van der Waals surface area (Å²) in [5.41, 5.74) is 0.805. The van der Waals surface area contributed by atoms with Crippen molar-refractivity contribution in [1.82, 2.24) is 14.9 Å². The summed E-state index contributed by atoms with van der Waals surface area (Å²) in [5.74, 6) is 2.07. The minimum atomic E-state index is 0.229. The lowest BCUT2D eigenvalue weighted by Gasteiger charge is -2.08. The monoisotopic (exact) mass is 260 g/mol. The van der Waals surface area contributed by atoms with E-state index in [1.54, 1.807) is 12.3 Å². The highest BCUT2D eigenvalue weighted by atomic mass is 16.7. The molecule has 1 aromatic heterocycles. The molecule has 3 rings (SSSR count). The largest absolute Gasteiger partial charge is 0.493 e. The van der Waals surface area contributed by atoms with E-state index in [9.17, 15) is 0 Å². The average Bonchev–Trinajstić information content (AvgIpc) is 3.07. The predicted octanol–water partition coefficient (Wildman–Crippen LogP) is 1.29. The molecule has 0 atom stereocenters. The SMILES string of the molecule is CCOc1cc2c(cc1/C=N/n1cnnc1)OCO2. The van der Waals surface area contributed by atoms with Gasteiger partial charge >= 0.3 is 0 Å². The smallest absolute Gasteiger partial charge is 0.231 e. The van der Waals surface area contributed by atoms with Crippen LogP contribution in [0.1, 0.15) is 12.5 Å². The Kier molecular flexibility index (Phi) is 3.01. The Morgan fingerprint density at radius 1 is 1.32 bits per heavy atom. The summed E-state index contributed by atoms with van der Waals surface area (Å²) in [4.78, 5) is 0. The van der Waals surface area contributed by atoms with Gasteiger partial charge in [-0.05, 0) is 13.0 Å². The fraction of sp³-hybridized carbons (Fsp3) is 0.250. The molecule has 1 aromatic carbocycles. The molecular formula is C12H12N4O3. The Bertz CT molecular complexity index is 595. The first-order chi connectivity index (χ1) is 9.36. The van der Waals surface area contributed by atoms with E-state index in [0.717, 1.165) is 5.56 Å². The molecule has 0 spiro atoms. The molecular weight excluding hydrogens is 248 g/mol. The number of rotatable bonds is 4. The quantitative estimate of drug-likeness (QED) is 0.774. The number of ether oxygens (including phenoxy) is 3. The zero-order chi connectivity index (χ0) is 13.1. The van der Waals surface area contributed by atoms with Crippen LogP contribution in [0.15, 0.2) is 29.9 Å². The van der Waals surface area contributed by atoms with Crippen LogP contribution in [0.2, 0.25) is 0 Å². The lowest BCUT2D eigenvalue weighted by molar-refractivity contribution is 0.174. The van der Waals surface area contributed by atoms with Crippen LogP contribution < -0.4 is 14.2 Å². The Labute approximate surface area is 109 Å². The highest BCUT2D eigenvalue weighted by molar-refractivity contribution is 5.85. The van der Waals surface area contributed by atoms with Gasteiger partial charge in [0.2, 0.25) is 6.79 Å². The fourth-order valence-corrected chi connectivity index (χ4v) is 1.70. The molecule has 19 heavy (non-hydrogen) atoms. The van der Waals surface area contributed by atoms with Crippen LogP contribution in [0.4, 0.5) is 0 Å². The van der Waals surface area contributed by atoms with Crippen LogP contribution in [-0.4, -0.2) is 34.5 Å². The van der Waals surface area contributed by atoms with Crippen molar-refractivity contribution in [2.75, 3.05) is 13.4 Å². The molecule has 0 unspecified atom stereocenters. The van der Waals surface area contributed by atoms with Crippen LogP contribution in [0.5, 0.6) is 17.2 Å². The van der Waals surface area contributed by atoms with Gasteiger partial charge in [-0.25, -0.2) is 4.68 Å². The minimum absolute atomic E-state index is 0.229. The standard InChI is InChI=1S/C12H12N4O3/c1-2-17-10-4-12-11(18-8-19-12)3-9(10)5-15-16-6-13-14-7-16/h3-7H,2,8H2,1H3/b15-5+. The van der Waals surface area contributed by atoms with E-state index < -0.39 is 0 Å². The van der Waals surface area contributed by atoms with E-state index in [-0.39, 0.29) is 6.79 Å². The maximum atomic E-state index is 5.56. The second-order valence-corrected chi connectivity index (χ2v) is 3.76. The zero-order valence-electron chi connectivity index (χ0n) is 10.3. The lowest BCUT2D eigenvalue weighted by atomic mass is 10.2. The minimum Gasteiger partial charge on any atom is -0.493 e. The lowest BCUT2D eigenvalue weighted by Crippen LogP contribution is -1.97. The highest BCUT2D eigenvalue weighted by Crippen LogP contribution is 2.37. The highest BCUT2D eigenvalue weighted by Gasteiger charge is 2.17. The second-order valence-electron chi connectivity index (χ2n) is 3.76. The normalized spacial score (nSPS) is 13.1. The van der Waals surface area contributed by atoms with Crippen molar-refractivity contribution >= 4 is 6.21 Å². The summed E-state index contributed by atoms with van der Waals surface area (Å²) in [5, 5.41) is 11.5. The average molecular weight is 260 g/mol. The molecule has 0 amide bonds. The van der Waals surface area contributed by atoms with E-state index in [4.69, 9.17) is 14.2 Å². The summed E-state index contributed by atoms with van der Waals surface area (Å²) in [6.07, 6.45) is 4.67. The van der Waals surface area contributed by atoms with Gasteiger partial charge in [-0.15, -0.1) is 10.2 Å². The van der Waals surface area contributed by atoms with Crippen molar-refractivity contribution in [1.29, 1.82) is 0 Å². The zero-order valence-corrected chi connectivity index (χ0v) is 10.3. The summed E-state index contributed by atoms with van der Waals surface area (Å²) in [6, 6.07) is 3.64. The Morgan fingerprint density at radius 2 is 2.05 bits per heavy atom. The van der Waals surface area contributed by atoms with Gasteiger partial charge < -0.3 is 14.2 Å². The molecule has 1 aliphatic rings. The number of benzene rings is 1. The van der Waals surface area contributed by atoms with Gasteiger partial charge in [0.15, 0.2) is 11.5 Å². The molecule has 1 aliphatic heterocycles. The van der Waals surface area contributed by atoms with Crippen molar-refractivity contribution < 1.29 is 14.2 Å². The second kappa shape index (κ2) is 4.97. The fourth-order valence-electron chi connectivity index (χ4n) is 1.70. The maximum Gasteiger partial charge on any atom is 0.231 e. The molecule has 0 radical (unpaired) electrons. The van der Waals surface area contributed by atoms with Crippen molar-refractivity contribution in [2.24, 2.45) is 5.10 Å². The molecule has 2 aromatic rings. The van der Waals surface area contributed by atoms with Crippen LogP contribution >= 0.6 is 0 Å². The summed E-state index contributed by atoms with van der Waals surface area (Å²) >= 11 is 0. The molecule has 7 heteroatoms.